The minimum Gasteiger partial charge on any atom is -0.314 e. The van der Waals surface area contributed by atoms with E-state index in [2.05, 4.69) is 5.32 Å². The fraction of sp³-hybridized carbons (Fsp3) is 0.500. The number of hydrogen-bond donors (Lipinski definition) is 1. The van der Waals surface area contributed by atoms with E-state index in [9.17, 15) is 12.8 Å². The zero-order valence-corrected chi connectivity index (χ0v) is 12.3. The van der Waals surface area contributed by atoms with Crippen LogP contribution >= 0.6 is 11.6 Å². The van der Waals surface area contributed by atoms with E-state index >= 15 is 0 Å². The van der Waals surface area contributed by atoms with Crippen molar-refractivity contribution >= 4 is 21.6 Å². The first kappa shape index (κ1) is 14.7. The summed E-state index contributed by atoms with van der Waals surface area (Å²) >= 11 is 5.87. The third-order valence-electron chi connectivity index (χ3n) is 3.20. The van der Waals surface area contributed by atoms with Crippen LogP contribution in [0.25, 0.3) is 0 Å². The zero-order chi connectivity index (χ0) is 14.2. The Morgan fingerprint density at radius 3 is 2.42 bits per heavy atom. The Balaban J connectivity index is 2.46. The van der Waals surface area contributed by atoms with Gasteiger partial charge in [-0.15, -0.1) is 0 Å². The molecule has 1 aromatic rings. The van der Waals surface area contributed by atoms with Gasteiger partial charge in [0.15, 0.2) is 0 Å². The Kier molecular flexibility index (Phi) is 4.15. The molecule has 1 fully saturated rings. The Hall–Kier alpha value is -0.690. The average Bonchev–Trinajstić information content (AvgIpc) is 2.27. The average molecular weight is 307 g/mol. The lowest BCUT2D eigenvalue weighted by molar-refractivity contribution is 0.220. The van der Waals surface area contributed by atoms with Gasteiger partial charge in [0.05, 0.1) is 5.02 Å². The molecule has 19 heavy (non-hydrogen) atoms. The number of sulfonamides is 1. The quantitative estimate of drug-likeness (QED) is 0.907. The van der Waals surface area contributed by atoms with Gasteiger partial charge in [-0.25, -0.2) is 12.8 Å². The molecule has 1 aliphatic heterocycles. The molecule has 1 N–H and O–H groups in total. The lowest BCUT2D eigenvalue weighted by atomic mass is 10.2. The van der Waals surface area contributed by atoms with Crippen molar-refractivity contribution in [2.45, 2.75) is 30.8 Å². The Morgan fingerprint density at radius 1 is 1.32 bits per heavy atom. The van der Waals surface area contributed by atoms with E-state index in [0.717, 1.165) is 12.1 Å². The maximum absolute atomic E-state index is 13.0. The minimum absolute atomic E-state index is 0.0452. The highest BCUT2D eigenvalue weighted by molar-refractivity contribution is 7.89. The van der Waals surface area contributed by atoms with Crippen molar-refractivity contribution in [1.29, 1.82) is 0 Å². The Labute approximate surface area is 117 Å². The van der Waals surface area contributed by atoms with Crippen molar-refractivity contribution in [3.63, 3.8) is 0 Å². The largest absolute Gasteiger partial charge is 0.314 e. The van der Waals surface area contributed by atoms with E-state index in [1.165, 1.54) is 10.4 Å². The monoisotopic (exact) mass is 306 g/mol. The van der Waals surface area contributed by atoms with Crippen LogP contribution in [0.3, 0.4) is 0 Å². The van der Waals surface area contributed by atoms with Gasteiger partial charge in [0.2, 0.25) is 10.0 Å². The normalized spacial score (nSPS) is 25.5. The van der Waals surface area contributed by atoms with Crippen LogP contribution in [0, 0.1) is 5.82 Å². The van der Waals surface area contributed by atoms with Gasteiger partial charge < -0.3 is 5.32 Å². The molecule has 2 rings (SSSR count). The van der Waals surface area contributed by atoms with Crippen molar-refractivity contribution in [3.05, 3.63) is 29.0 Å². The molecule has 0 radical (unpaired) electrons. The first-order chi connectivity index (χ1) is 8.84. The Morgan fingerprint density at radius 2 is 1.89 bits per heavy atom. The summed E-state index contributed by atoms with van der Waals surface area (Å²) in [5.74, 6) is -0.551. The molecule has 0 aromatic heterocycles. The zero-order valence-electron chi connectivity index (χ0n) is 10.7. The van der Waals surface area contributed by atoms with Crippen molar-refractivity contribution in [2.75, 3.05) is 13.1 Å². The van der Waals surface area contributed by atoms with Crippen molar-refractivity contribution in [2.24, 2.45) is 0 Å². The van der Waals surface area contributed by atoms with Crippen molar-refractivity contribution < 1.29 is 12.8 Å². The van der Waals surface area contributed by atoms with Gasteiger partial charge in [-0.3, -0.25) is 0 Å². The Bertz CT molecular complexity index is 569. The SMILES string of the molecule is CC1CNCC(C)N1S(=O)(=O)c1ccc(F)cc1Cl. The number of halogens is 2. The molecule has 0 spiro atoms. The highest BCUT2D eigenvalue weighted by atomic mass is 35.5. The fourth-order valence-electron chi connectivity index (χ4n) is 2.39. The van der Waals surface area contributed by atoms with Crippen LogP contribution < -0.4 is 5.32 Å². The second kappa shape index (κ2) is 5.36. The smallest absolute Gasteiger partial charge is 0.245 e. The molecule has 1 heterocycles. The summed E-state index contributed by atoms with van der Waals surface area (Å²) in [5, 5.41) is 3.08. The molecule has 0 amide bonds. The number of rotatable bonds is 2. The number of piperazine rings is 1. The molecule has 1 saturated heterocycles. The molecule has 1 aliphatic rings. The van der Waals surface area contributed by atoms with Gasteiger partial charge in [-0.1, -0.05) is 11.6 Å². The summed E-state index contributed by atoms with van der Waals surface area (Å²) in [5.41, 5.74) is 0. The second-order valence-electron chi connectivity index (χ2n) is 4.77. The van der Waals surface area contributed by atoms with Crippen LogP contribution in [-0.2, 0) is 10.0 Å². The third-order valence-corrected chi connectivity index (χ3v) is 5.81. The predicted molar refractivity (Wildman–Crippen MR) is 72.2 cm³/mol. The maximum Gasteiger partial charge on any atom is 0.245 e. The van der Waals surface area contributed by atoms with Gasteiger partial charge >= 0.3 is 0 Å². The number of hydrogen-bond acceptors (Lipinski definition) is 3. The van der Waals surface area contributed by atoms with Crippen LogP contribution in [0.1, 0.15) is 13.8 Å². The molecule has 0 saturated carbocycles. The van der Waals surface area contributed by atoms with Crippen LogP contribution in [0.15, 0.2) is 23.1 Å². The van der Waals surface area contributed by atoms with E-state index in [0.29, 0.717) is 13.1 Å². The van der Waals surface area contributed by atoms with E-state index < -0.39 is 15.8 Å². The number of nitrogens with zero attached hydrogens (tertiary/aromatic N) is 1. The molecule has 2 unspecified atom stereocenters. The van der Waals surface area contributed by atoms with Gasteiger partial charge in [-0.2, -0.15) is 4.31 Å². The highest BCUT2D eigenvalue weighted by Gasteiger charge is 2.36. The van der Waals surface area contributed by atoms with E-state index in [1.54, 1.807) is 0 Å². The first-order valence-electron chi connectivity index (χ1n) is 6.03. The fourth-order valence-corrected chi connectivity index (χ4v) is 4.72. The topological polar surface area (TPSA) is 49.4 Å². The molecule has 106 valence electrons. The summed E-state index contributed by atoms with van der Waals surface area (Å²) in [7, 11) is -3.71. The van der Waals surface area contributed by atoms with Crippen molar-refractivity contribution in [3.8, 4) is 0 Å². The minimum atomic E-state index is -3.71. The summed E-state index contributed by atoms with van der Waals surface area (Å²) in [6.07, 6.45) is 0. The third kappa shape index (κ3) is 2.76. The maximum atomic E-state index is 13.0. The molecule has 0 aliphatic carbocycles. The molecule has 4 nitrogen and oxygen atoms in total. The van der Waals surface area contributed by atoms with Crippen LogP contribution in [0.5, 0.6) is 0 Å². The summed E-state index contributed by atoms with van der Waals surface area (Å²) in [6, 6.07) is 3.00. The molecular weight excluding hydrogens is 291 g/mol. The molecule has 7 heteroatoms. The summed E-state index contributed by atoms with van der Waals surface area (Å²) in [4.78, 5) is -0.0452. The van der Waals surface area contributed by atoms with Gasteiger partial charge in [0.25, 0.3) is 0 Å². The molecule has 0 bridgehead atoms. The van der Waals surface area contributed by atoms with E-state index in [-0.39, 0.29) is 22.0 Å². The first-order valence-corrected chi connectivity index (χ1v) is 7.85. The summed E-state index contributed by atoms with van der Waals surface area (Å²) in [6.45, 7) is 4.83. The van der Waals surface area contributed by atoms with Crippen LogP contribution in [0.4, 0.5) is 4.39 Å². The van der Waals surface area contributed by atoms with E-state index in [1.807, 2.05) is 13.8 Å². The highest BCUT2D eigenvalue weighted by Crippen LogP contribution is 2.28. The van der Waals surface area contributed by atoms with E-state index in [4.69, 9.17) is 11.6 Å². The predicted octanol–water partition coefficient (Wildman–Crippen LogP) is 1.85. The standard InChI is InChI=1S/C12H16ClFN2O2S/c1-8-6-15-7-9(2)16(8)19(17,18)12-4-3-10(14)5-11(12)13/h3-5,8-9,15H,6-7H2,1-2H3. The van der Waals surface area contributed by atoms with Crippen LogP contribution in [0.2, 0.25) is 5.02 Å². The van der Waals surface area contributed by atoms with Crippen molar-refractivity contribution in [1.82, 2.24) is 9.62 Å². The molecular formula is C12H16ClFN2O2S. The lowest BCUT2D eigenvalue weighted by Crippen LogP contribution is -2.57. The summed E-state index contributed by atoms with van der Waals surface area (Å²) < 4.78 is 39.7. The number of nitrogens with one attached hydrogen (secondary N) is 1. The van der Waals surface area contributed by atoms with Gasteiger partial charge in [0, 0.05) is 25.2 Å². The number of benzene rings is 1. The van der Waals surface area contributed by atoms with Gasteiger partial charge in [-0.05, 0) is 32.0 Å². The lowest BCUT2D eigenvalue weighted by Gasteiger charge is -2.38. The second-order valence-corrected chi connectivity index (χ2v) is 6.98. The van der Waals surface area contributed by atoms with Crippen LogP contribution in [-0.4, -0.2) is 37.9 Å². The molecule has 1 aromatic carbocycles. The molecule has 2 atom stereocenters. The van der Waals surface area contributed by atoms with Gasteiger partial charge in [0.1, 0.15) is 10.7 Å².